The molecule has 0 amide bonds. The third-order valence-electron chi connectivity index (χ3n) is 6.67. The van der Waals surface area contributed by atoms with Crippen molar-refractivity contribution >= 4 is 11.9 Å². The van der Waals surface area contributed by atoms with Crippen LogP contribution in [0, 0.1) is 0 Å². The summed E-state index contributed by atoms with van der Waals surface area (Å²) >= 11 is 0. The van der Waals surface area contributed by atoms with Crippen molar-refractivity contribution in [1.29, 1.82) is 0 Å². The van der Waals surface area contributed by atoms with Gasteiger partial charge in [0.2, 0.25) is 0 Å². The molecule has 0 aliphatic carbocycles. The summed E-state index contributed by atoms with van der Waals surface area (Å²) < 4.78 is 19.4. The molecule has 8 nitrogen and oxygen atoms in total. The Hall–Kier alpha value is -4.33. The number of nitrogens with one attached hydrogen (secondary N) is 1. The van der Waals surface area contributed by atoms with Gasteiger partial charge < -0.3 is 19.5 Å². The molecule has 1 N–H and O–H groups in total. The Balaban J connectivity index is 1.97. The molecule has 0 saturated heterocycles. The van der Waals surface area contributed by atoms with E-state index in [4.69, 9.17) is 19.3 Å². The molecule has 1 aromatic heterocycles. The maximum absolute atomic E-state index is 13.9. The molecule has 2 heterocycles. The van der Waals surface area contributed by atoms with Gasteiger partial charge in [-0.25, -0.2) is 14.3 Å². The Morgan fingerprint density at radius 2 is 1.37 bits per heavy atom. The van der Waals surface area contributed by atoms with E-state index in [0.29, 0.717) is 40.4 Å². The van der Waals surface area contributed by atoms with Crippen molar-refractivity contribution in [2.24, 2.45) is 0 Å². The third-order valence-corrected chi connectivity index (χ3v) is 6.67. The van der Waals surface area contributed by atoms with Gasteiger partial charge in [-0.05, 0) is 98.2 Å². The number of para-hydroxylation sites is 1. The fourth-order valence-electron chi connectivity index (χ4n) is 4.98. The van der Waals surface area contributed by atoms with E-state index in [2.05, 4.69) is 12.2 Å². The zero-order valence-electron chi connectivity index (χ0n) is 26.7. The van der Waals surface area contributed by atoms with Gasteiger partial charge in [0.15, 0.2) is 0 Å². The molecule has 2 aromatic carbocycles. The van der Waals surface area contributed by atoms with E-state index in [1.54, 1.807) is 4.68 Å². The van der Waals surface area contributed by atoms with Crippen molar-refractivity contribution in [3.63, 3.8) is 0 Å². The van der Waals surface area contributed by atoms with Crippen molar-refractivity contribution in [3.05, 3.63) is 88.9 Å². The predicted octanol–water partition coefficient (Wildman–Crippen LogP) is 7.25. The molecule has 4 rings (SSSR count). The van der Waals surface area contributed by atoms with Crippen molar-refractivity contribution in [2.75, 3.05) is 6.61 Å². The van der Waals surface area contributed by atoms with Crippen LogP contribution in [0.4, 0.5) is 0 Å². The fraction of sp³-hybridized carbons (Fsp3) is 0.400. The molecule has 228 valence electrons. The molecule has 0 atom stereocenters. The number of dihydropyridines is 1. The molecule has 0 bridgehead atoms. The SMILES string of the molecule is CCCOc1ccc(-c2nn(-c3ccccc3)cc2C2C(C(=O)OC(C)(C)C)=C(C)NC(C)=C2C(=O)OC(C)(C)C)cc1. The van der Waals surface area contributed by atoms with Crippen molar-refractivity contribution in [1.82, 2.24) is 15.1 Å². The van der Waals surface area contributed by atoms with E-state index in [-0.39, 0.29) is 0 Å². The third kappa shape index (κ3) is 7.55. The Bertz CT molecular complexity index is 1480. The fourth-order valence-corrected chi connectivity index (χ4v) is 4.98. The Kier molecular flexibility index (Phi) is 9.18. The van der Waals surface area contributed by atoms with E-state index < -0.39 is 29.1 Å². The highest BCUT2D eigenvalue weighted by Crippen LogP contribution is 2.44. The van der Waals surface area contributed by atoms with E-state index in [9.17, 15) is 9.59 Å². The molecule has 1 aliphatic heterocycles. The minimum Gasteiger partial charge on any atom is -0.494 e. The highest BCUT2D eigenvalue weighted by atomic mass is 16.6. The minimum atomic E-state index is -0.811. The summed E-state index contributed by atoms with van der Waals surface area (Å²) in [5.41, 5.74) is 3.33. The molecule has 0 saturated carbocycles. The summed E-state index contributed by atoms with van der Waals surface area (Å²) in [5, 5.41) is 8.26. The first kappa shape index (κ1) is 31.6. The van der Waals surface area contributed by atoms with Crippen LogP contribution in [0.5, 0.6) is 5.75 Å². The molecule has 0 radical (unpaired) electrons. The van der Waals surface area contributed by atoms with Crippen LogP contribution in [0.3, 0.4) is 0 Å². The number of carbonyl (C=O) groups excluding carboxylic acids is 2. The molecule has 3 aromatic rings. The van der Waals surface area contributed by atoms with Crippen LogP contribution in [0.15, 0.2) is 83.3 Å². The number of carbonyl (C=O) groups is 2. The lowest BCUT2D eigenvalue weighted by molar-refractivity contribution is -0.150. The van der Waals surface area contributed by atoms with Crippen LogP contribution in [-0.4, -0.2) is 39.5 Å². The van der Waals surface area contributed by atoms with Gasteiger partial charge in [-0.2, -0.15) is 5.10 Å². The number of hydrogen-bond donors (Lipinski definition) is 1. The van der Waals surface area contributed by atoms with Gasteiger partial charge in [-0.15, -0.1) is 0 Å². The minimum absolute atomic E-state index is 0.332. The number of esters is 2. The average molecular weight is 586 g/mol. The number of nitrogens with zero attached hydrogens (tertiary/aromatic N) is 2. The number of rotatable bonds is 8. The highest BCUT2D eigenvalue weighted by Gasteiger charge is 2.42. The summed E-state index contributed by atoms with van der Waals surface area (Å²) in [6.45, 7) is 17.3. The molecule has 43 heavy (non-hydrogen) atoms. The van der Waals surface area contributed by atoms with Gasteiger partial charge in [0.1, 0.15) is 17.0 Å². The quantitative estimate of drug-likeness (QED) is 0.279. The molecule has 0 spiro atoms. The van der Waals surface area contributed by atoms with Crippen LogP contribution < -0.4 is 10.1 Å². The van der Waals surface area contributed by atoms with Gasteiger partial charge in [0.25, 0.3) is 0 Å². The number of allylic oxidation sites excluding steroid dienone is 2. The van der Waals surface area contributed by atoms with Gasteiger partial charge >= 0.3 is 11.9 Å². The van der Waals surface area contributed by atoms with Gasteiger partial charge in [0.05, 0.1) is 35.1 Å². The molecule has 1 aliphatic rings. The van der Waals surface area contributed by atoms with E-state index in [0.717, 1.165) is 23.4 Å². The number of ether oxygens (including phenoxy) is 3. The Morgan fingerprint density at radius 1 is 0.837 bits per heavy atom. The average Bonchev–Trinajstić information content (AvgIpc) is 3.35. The maximum atomic E-state index is 13.9. The lowest BCUT2D eigenvalue weighted by Gasteiger charge is -2.33. The molecule has 8 heteroatoms. The van der Waals surface area contributed by atoms with E-state index >= 15 is 0 Å². The first-order valence-electron chi connectivity index (χ1n) is 14.7. The summed E-state index contributed by atoms with van der Waals surface area (Å²) in [6, 6.07) is 17.4. The number of hydrogen-bond acceptors (Lipinski definition) is 7. The standard InChI is InChI=1S/C35H43N3O5/c1-10-20-41-26-18-16-24(17-19-26)31-27(21-38(37-31)25-14-12-11-13-15-25)30-28(32(39)42-34(4,5)6)22(2)36-23(3)29(30)33(40)43-35(7,8)9/h11-19,21,30,36H,10,20H2,1-9H3. The summed E-state index contributed by atoms with van der Waals surface area (Å²) in [7, 11) is 0. The van der Waals surface area contributed by atoms with Gasteiger partial charge in [-0.3, -0.25) is 0 Å². The second-order valence-electron chi connectivity index (χ2n) is 12.7. The first-order valence-corrected chi connectivity index (χ1v) is 14.7. The van der Waals surface area contributed by atoms with Crippen molar-refractivity contribution in [2.45, 2.75) is 85.9 Å². The van der Waals surface area contributed by atoms with Crippen LogP contribution in [0.25, 0.3) is 16.9 Å². The van der Waals surface area contributed by atoms with Gasteiger partial charge in [-0.1, -0.05) is 25.1 Å². The normalized spacial score (nSPS) is 14.4. The van der Waals surface area contributed by atoms with Gasteiger partial charge in [0, 0.05) is 28.7 Å². The lowest BCUT2D eigenvalue weighted by atomic mass is 9.79. The number of aromatic nitrogens is 2. The summed E-state index contributed by atoms with van der Waals surface area (Å²) in [5.74, 6) is -1.09. The molecular formula is C35H43N3O5. The molecular weight excluding hydrogens is 542 g/mol. The van der Waals surface area contributed by atoms with Crippen LogP contribution in [0.2, 0.25) is 0 Å². The highest BCUT2D eigenvalue weighted by molar-refractivity contribution is 6.00. The summed E-state index contributed by atoms with van der Waals surface area (Å²) in [6.07, 6.45) is 2.79. The van der Waals surface area contributed by atoms with Crippen LogP contribution in [0.1, 0.15) is 80.2 Å². The number of benzene rings is 2. The lowest BCUT2D eigenvalue weighted by Crippen LogP contribution is -2.36. The van der Waals surface area contributed by atoms with Crippen molar-refractivity contribution in [3.8, 4) is 22.7 Å². The first-order chi connectivity index (χ1) is 20.2. The largest absolute Gasteiger partial charge is 0.494 e. The molecule has 0 fully saturated rings. The Labute approximate surface area is 254 Å². The second-order valence-corrected chi connectivity index (χ2v) is 12.7. The van der Waals surface area contributed by atoms with Crippen LogP contribution >= 0.6 is 0 Å². The predicted molar refractivity (Wildman–Crippen MR) is 168 cm³/mol. The zero-order valence-corrected chi connectivity index (χ0v) is 26.7. The maximum Gasteiger partial charge on any atom is 0.337 e. The van der Waals surface area contributed by atoms with Crippen LogP contribution in [-0.2, 0) is 19.1 Å². The monoisotopic (exact) mass is 585 g/mol. The van der Waals surface area contributed by atoms with Crippen molar-refractivity contribution < 1.29 is 23.8 Å². The Morgan fingerprint density at radius 3 is 1.86 bits per heavy atom. The smallest absolute Gasteiger partial charge is 0.337 e. The summed E-state index contributed by atoms with van der Waals surface area (Å²) in [4.78, 5) is 27.8. The van der Waals surface area contributed by atoms with E-state index in [1.807, 2.05) is 116 Å². The molecule has 0 unspecified atom stereocenters. The zero-order chi connectivity index (χ0) is 31.5. The van der Waals surface area contributed by atoms with E-state index in [1.165, 1.54) is 0 Å². The second kappa shape index (κ2) is 12.5. The topological polar surface area (TPSA) is 91.7 Å².